The predicted molar refractivity (Wildman–Crippen MR) is 114 cm³/mol. The lowest BCUT2D eigenvalue weighted by atomic mass is 10.1. The fraction of sp³-hybridized carbons (Fsp3) is 0.478. The van der Waals surface area contributed by atoms with Crippen molar-refractivity contribution in [2.45, 2.75) is 58.6 Å². The molecule has 0 aliphatic heterocycles. The quantitative estimate of drug-likeness (QED) is 0.383. The molecule has 0 unspecified atom stereocenters. The first-order valence-corrected chi connectivity index (χ1v) is 10.5. The number of ether oxygens (including phenoxy) is 2. The van der Waals surface area contributed by atoms with Crippen LogP contribution in [0.15, 0.2) is 36.4 Å². The molecular weight excluding hydrogens is 377 g/mol. The zero-order chi connectivity index (χ0) is 20.2. The second-order valence-corrected chi connectivity index (χ2v) is 7.33. The summed E-state index contributed by atoms with van der Waals surface area (Å²) in [7, 11) is 1.60. The van der Waals surface area contributed by atoms with E-state index in [2.05, 4.69) is 12.2 Å². The summed E-state index contributed by atoms with van der Waals surface area (Å²) < 4.78 is 25.1. The molecule has 0 atom stereocenters. The normalized spacial score (nSPS) is 10.9. The molecule has 0 aromatic heterocycles. The average molecular weight is 408 g/mol. The Morgan fingerprint density at radius 2 is 1.79 bits per heavy atom. The van der Waals surface area contributed by atoms with Crippen LogP contribution in [0, 0.1) is 5.82 Å². The molecule has 0 heterocycles. The average Bonchev–Trinajstić information content (AvgIpc) is 2.70. The van der Waals surface area contributed by atoms with Crippen molar-refractivity contribution in [1.29, 1.82) is 0 Å². The second-order valence-electron chi connectivity index (χ2n) is 6.92. The van der Waals surface area contributed by atoms with Gasteiger partial charge in [-0.15, -0.1) is 0 Å². The van der Waals surface area contributed by atoms with Crippen LogP contribution in [0.1, 0.15) is 56.6 Å². The third-order valence-corrected chi connectivity index (χ3v) is 5.05. The van der Waals surface area contributed by atoms with E-state index in [0.717, 1.165) is 18.7 Å². The first-order valence-electron chi connectivity index (χ1n) is 10.1. The van der Waals surface area contributed by atoms with Crippen molar-refractivity contribution >= 4 is 11.6 Å². The number of rotatable bonds is 13. The molecule has 0 aliphatic carbocycles. The number of benzene rings is 2. The van der Waals surface area contributed by atoms with Gasteiger partial charge in [0.25, 0.3) is 0 Å². The zero-order valence-corrected chi connectivity index (χ0v) is 17.7. The van der Waals surface area contributed by atoms with Gasteiger partial charge in [0.15, 0.2) is 11.5 Å². The Hall–Kier alpha value is -1.78. The molecule has 5 heteroatoms. The Morgan fingerprint density at radius 3 is 2.54 bits per heavy atom. The monoisotopic (exact) mass is 407 g/mol. The number of halogens is 2. The summed E-state index contributed by atoms with van der Waals surface area (Å²) in [5, 5.41) is 3.83. The molecule has 2 rings (SSSR count). The van der Waals surface area contributed by atoms with E-state index >= 15 is 0 Å². The molecule has 2 aromatic rings. The number of hydrogen-bond acceptors (Lipinski definition) is 3. The van der Waals surface area contributed by atoms with E-state index in [0.29, 0.717) is 22.1 Å². The van der Waals surface area contributed by atoms with Gasteiger partial charge < -0.3 is 14.8 Å². The van der Waals surface area contributed by atoms with Gasteiger partial charge in [0, 0.05) is 12.1 Å². The summed E-state index contributed by atoms with van der Waals surface area (Å²) in [6.07, 6.45) is 7.76. The van der Waals surface area contributed by atoms with E-state index < -0.39 is 0 Å². The highest BCUT2D eigenvalue weighted by molar-refractivity contribution is 6.31. The summed E-state index contributed by atoms with van der Waals surface area (Å²) in [4.78, 5) is 0. The van der Waals surface area contributed by atoms with E-state index in [9.17, 15) is 4.39 Å². The summed E-state index contributed by atoms with van der Waals surface area (Å²) >= 11 is 6.05. The summed E-state index contributed by atoms with van der Waals surface area (Å²) in [5.41, 5.74) is 1.47. The number of nitrogens with one attached hydrogen (secondary N) is 1. The van der Waals surface area contributed by atoms with Crippen LogP contribution in [-0.4, -0.2) is 13.7 Å². The number of hydrogen-bond donors (Lipinski definition) is 1. The minimum Gasteiger partial charge on any atom is -0.493 e. The Kier molecular flexibility index (Phi) is 10.2. The van der Waals surface area contributed by atoms with Gasteiger partial charge in [0.2, 0.25) is 0 Å². The fourth-order valence-corrected chi connectivity index (χ4v) is 3.24. The summed E-state index contributed by atoms with van der Waals surface area (Å²) in [6, 6.07) is 10.4. The smallest absolute Gasteiger partial charge is 0.161 e. The SMILES string of the molecule is CCCCCCCCNCc1ccc(OCc2c(F)cccc2Cl)c(OC)c1. The molecular formula is C23H31ClFNO2. The van der Waals surface area contributed by atoms with Crippen LogP contribution in [0.4, 0.5) is 4.39 Å². The molecule has 0 spiro atoms. The molecule has 0 saturated heterocycles. The standard InChI is InChI=1S/C23H31ClFNO2/c1-3-4-5-6-7-8-14-26-16-18-12-13-22(23(15-18)27-2)28-17-19-20(24)10-9-11-21(19)25/h9-13,15,26H,3-8,14,16-17H2,1-2H3. The van der Waals surface area contributed by atoms with E-state index in [-0.39, 0.29) is 12.4 Å². The lowest BCUT2D eigenvalue weighted by molar-refractivity contribution is 0.279. The van der Waals surface area contributed by atoms with Gasteiger partial charge in [-0.05, 0) is 42.8 Å². The van der Waals surface area contributed by atoms with Crippen molar-refractivity contribution < 1.29 is 13.9 Å². The van der Waals surface area contributed by atoms with Crippen LogP contribution < -0.4 is 14.8 Å². The first kappa shape index (κ1) is 22.5. The summed E-state index contributed by atoms with van der Waals surface area (Å²) in [5.74, 6) is 0.829. The largest absolute Gasteiger partial charge is 0.493 e. The molecule has 0 aliphatic rings. The van der Waals surface area contributed by atoms with Gasteiger partial charge in [-0.25, -0.2) is 4.39 Å². The topological polar surface area (TPSA) is 30.5 Å². The zero-order valence-electron chi connectivity index (χ0n) is 16.9. The van der Waals surface area contributed by atoms with Crippen molar-refractivity contribution in [2.75, 3.05) is 13.7 Å². The van der Waals surface area contributed by atoms with Gasteiger partial charge in [0.1, 0.15) is 12.4 Å². The van der Waals surface area contributed by atoms with Crippen LogP contribution in [-0.2, 0) is 13.2 Å². The Balaban J connectivity index is 1.81. The molecule has 28 heavy (non-hydrogen) atoms. The highest BCUT2D eigenvalue weighted by Crippen LogP contribution is 2.30. The molecule has 0 radical (unpaired) electrons. The van der Waals surface area contributed by atoms with Crippen molar-refractivity contribution in [1.82, 2.24) is 5.32 Å². The minimum absolute atomic E-state index is 0.0531. The molecule has 1 N–H and O–H groups in total. The second kappa shape index (κ2) is 12.6. The minimum atomic E-state index is -0.373. The Morgan fingerprint density at radius 1 is 1.00 bits per heavy atom. The van der Waals surface area contributed by atoms with Crippen LogP contribution in [0.2, 0.25) is 5.02 Å². The third kappa shape index (κ3) is 7.33. The predicted octanol–water partition coefficient (Wildman–Crippen LogP) is 6.52. The van der Waals surface area contributed by atoms with Crippen molar-refractivity contribution in [3.05, 3.63) is 58.4 Å². The molecule has 0 bridgehead atoms. The first-order chi connectivity index (χ1) is 13.7. The van der Waals surface area contributed by atoms with Crippen LogP contribution in [0.25, 0.3) is 0 Å². The highest BCUT2D eigenvalue weighted by atomic mass is 35.5. The Bertz CT molecular complexity index is 703. The van der Waals surface area contributed by atoms with Crippen molar-refractivity contribution in [3.8, 4) is 11.5 Å². The van der Waals surface area contributed by atoms with Crippen LogP contribution in [0.5, 0.6) is 11.5 Å². The maximum atomic E-state index is 13.9. The van der Waals surface area contributed by atoms with Gasteiger partial charge >= 0.3 is 0 Å². The maximum absolute atomic E-state index is 13.9. The maximum Gasteiger partial charge on any atom is 0.161 e. The molecule has 0 saturated carbocycles. The van der Waals surface area contributed by atoms with E-state index in [4.69, 9.17) is 21.1 Å². The lowest BCUT2D eigenvalue weighted by Gasteiger charge is -2.13. The van der Waals surface area contributed by atoms with E-state index in [1.165, 1.54) is 44.6 Å². The number of methoxy groups -OCH3 is 1. The van der Waals surface area contributed by atoms with Crippen LogP contribution in [0.3, 0.4) is 0 Å². The van der Waals surface area contributed by atoms with Gasteiger partial charge in [-0.3, -0.25) is 0 Å². The molecule has 0 fully saturated rings. The van der Waals surface area contributed by atoms with Crippen molar-refractivity contribution in [2.24, 2.45) is 0 Å². The number of unbranched alkanes of at least 4 members (excludes halogenated alkanes) is 5. The fourth-order valence-electron chi connectivity index (χ4n) is 3.02. The van der Waals surface area contributed by atoms with E-state index in [1.807, 2.05) is 18.2 Å². The molecule has 0 amide bonds. The van der Waals surface area contributed by atoms with Gasteiger partial charge in [0.05, 0.1) is 12.1 Å². The summed E-state index contributed by atoms with van der Waals surface area (Å²) in [6.45, 7) is 4.09. The Labute approximate surface area is 173 Å². The third-order valence-electron chi connectivity index (χ3n) is 4.70. The van der Waals surface area contributed by atoms with Crippen LogP contribution >= 0.6 is 11.6 Å². The molecule has 2 aromatic carbocycles. The molecule has 154 valence electrons. The van der Waals surface area contributed by atoms with Crippen molar-refractivity contribution in [3.63, 3.8) is 0 Å². The highest BCUT2D eigenvalue weighted by Gasteiger charge is 2.11. The van der Waals surface area contributed by atoms with Gasteiger partial charge in [-0.1, -0.05) is 62.8 Å². The van der Waals surface area contributed by atoms with E-state index in [1.54, 1.807) is 19.2 Å². The molecule has 3 nitrogen and oxygen atoms in total. The lowest BCUT2D eigenvalue weighted by Crippen LogP contribution is -2.14. The van der Waals surface area contributed by atoms with Gasteiger partial charge in [-0.2, -0.15) is 0 Å².